The molecule has 19 heavy (non-hydrogen) atoms. The average molecular weight is 303 g/mol. The Kier molecular flexibility index (Phi) is 7.77. The van der Waals surface area contributed by atoms with E-state index in [4.69, 9.17) is 29.0 Å². The van der Waals surface area contributed by atoms with Crippen LogP contribution in [-0.4, -0.2) is 6.04 Å². The molecule has 0 radical (unpaired) electrons. The van der Waals surface area contributed by atoms with Crippen LogP contribution in [0.5, 0.6) is 0 Å². The summed E-state index contributed by atoms with van der Waals surface area (Å²) in [5.41, 5.74) is 3.95. The minimum atomic E-state index is 0.220. The molecule has 0 aromatic heterocycles. The van der Waals surface area contributed by atoms with E-state index < -0.39 is 0 Å². The summed E-state index contributed by atoms with van der Waals surface area (Å²) in [4.78, 5) is 0. The molecular formula is C15H24Cl2N2. The average Bonchev–Trinajstić information content (AvgIpc) is 2.38. The van der Waals surface area contributed by atoms with Gasteiger partial charge in [-0.15, -0.1) is 0 Å². The summed E-state index contributed by atoms with van der Waals surface area (Å²) in [6, 6.07) is 5.85. The third-order valence-corrected chi connectivity index (χ3v) is 4.30. The number of hydrazine groups is 1. The predicted molar refractivity (Wildman–Crippen MR) is 84.6 cm³/mol. The number of hydrogen-bond acceptors (Lipinski definition) is 2. The fourth-order valence-corrected chi connectivity index (χ4v) is 3.15. The zero-order chi connectivity index (χ0) is 14.3. The van der Waals surface area contributed by atoms with Crippen molar-refractivity contribution in [1.29, 1.82) is 0 Å². The molecule has 1 atom stereocenters. The van der Waals surface area contributed by atoms with E-state index in [1.165, 1.54) is 25.7 Å². The smallest absolute Gasteiger partial charge is 0.0453 e. The van der Waals surface area contributed by atoms with Gasteiger partial charge in [-0.3, -0.25) is 11.3 Å². The molecule has 1 aromatic rings. The predicted octanol–water partition coefficient (Wildman–Crippen LogP) is 4.58. The Balaban J connectivity index is 2.85. The molecule has 0 aliphatic rings. The van der Waals surface area contributed by atoms with Gasteiger partial charge in [-0.1, -0.05) is 56.0 Å². The summed E-state index contributed by atoms with van der Waals surface area (Å²) in [5.74, 6) is 6.31. The molecule has 0 fully saturated rings. The molecule has 1 unspecified atom stereocenters. The van der Waals surface area contributed by atoms with Crippen LogP contribution < -0.4 is 11.3 Å². The van der Waals surface area contributed by atoms with Gasteiger partial charge in [0.25, 0.3) is 0 Å². The van der Waals surface area contributed by atoms with Gasteiger partial charge in [0, 0.05) is 16.1 Å². The second-order valence-electron chi connectivity index (χ2n) is 5.01. The van der Waals surface area contributed by atoms with E-state index >= 15 is 0 Å². The quantitative estimate of drug-likeness (QED) is 0.545. The zero-order valence-electron chi connectivity index (χ0n) is 11.8. The van der Waals surface area contributed by atoms with Crippen LogP contribution in [-0.2, 0) is 6.42 Å². The van der Waals surface area contributed by atoms with Crippen molar-refractivity contribution in [2.45, 2.75) is 52.0 Å². The highest BCUT2D eigenvalue weighted by Crippen LogP contribution is 2.28. The molecule has 108 valence electrons. The molecule has 2 nitrogen and oxygen atoms in total. The first-order valence-electron chi connectivity index (χ1n) is 7.03. The molecule has 0 saturated heterocycles. The van der Waals surface area contributed by atoms with Crippen molar-refractivity contribution in [3.63, 3.8) is 0 Å². The summed E-state index contributed by atoms with van der Waals surface area (Å²) < 4.78 is 0. The molecule has 0 aliphatic heterocycles. The van der Waals surface area contributed by atoms with Gasteiger partial charge in [0.05, 0.1) is 0 Å². The van der Waals surface area contributed by atoms with E-state index in [1.807, 2.05) is 18.2 Å². The lowest BCUT2D eigenvalue weighted by Crippen LogP contribution is -2.42. The van der Waals surface area contributed by atoms with Crippen LogP contribution in [0.2, 0.25) is 10.0 Å². The van der Waals surface area contributed by atoms with Crippen LogP contribution in [0.4, 0.5) is 0 Å². The van der Waals surface area contributed by atoms with Crippen LogP contribution >= 0.6 is 23.2 Å². The first-order chi connectivity index (χ1) is 9.13. The van der Waals surface area contributed by atoms with Crippen LogP contribution in [0.25, 0.3) is 0 Å². The Morgan fingerprint density at radius 3 is 2.05 bits per heavy atom. The monoisotopic (exact) mass is 302 g/mol. The lowest BCUT2D eigenvalue weighted by atomic mass is 9.87. The van der Waals surface area contributed by atoms with Crippen LogP contribution in [0.1, 0.15) is 45.1 Å². The standard InChI is InChI=1S/C15H24Cl2N2/c1-3-6-11(7-4-2)15(19-18)10-12-13(16)8-5-9-14(12)17/h5,8-9,11,15,19H,3-4,6-7,10,18H2,1-2H3. The summed E-state index contributed by atoms with van der Waals surface area (Å²) >= 11 is 12.5. The molecule has 1 rings (SSSR count). The van der Waals surface area contributed by atoms with Crippen LogP contribution in [0.15, 0.2) is 18.2 Å². The highest BCUT2D eigenvalue weighted by Gasteiger charge is 2.21. The number of nitrogens with two attached hydrogens (primary N) is 1. The van der Waals surface area contributed by atoms with Gasteiger partial charge < -0.3 is 0 Å². The Hall–Kier alpha value is -0.280. The lowest BCUT2D eigenvalue weighted by molar-refractivity contribution is 0.311. The van der Waals surface area contributed by atoms with Crippen molar-refractivity contribution in [2.75, 3.05) is 0 Å². The fourth-order valence-electron chi connectivity index (χ4n) is 2.60. The lowest BCUT2D eigenvalue weighted by Gasteiger charge is -2.27. The van der Waals surface area contributed by atoms with Gasteiger partial charge in [0.15, 0.2) is 0 Å². The van der Waals surface area contributed by atoms with Crippen molar-refractivity contribution in [1.82, 2.24) is 5.43 Å². The van der Waals surface area contributed by atoms with E-state index in [9.17, 15) is 0 Å². The number of hydrogen-bond donors (Lipinski definition) is 2. The van der Waals surface area contributed by atoms with Gasteiger partial charge in [-0.2, -0.15) is 0 Å². The molecule has 0 bridgehead atoms. The van der Waals surface area contributed by atoms with Crippen LogP contribution in [0, 0.1) is 5.92 Å². The number of nitrogens with one attached hydrogen (secondary N) is 1. The van der Waals surface area contributed by atoms with E-state index in [0.717, 1.165) is 22.0 Å². The highest BCUT2D eigenvalue weighted by molar-refractivity contribution is 6.36. The summed E-state index contributed by atoms with van der Waals surface area (Å²) in [6.07, 6.45) is 5.45. The summed E-state index contributed by atoms with van der Waals surface area (Å²) in [5, 5.41) is 1.44. The molecule has 3 N–H and O–H groups in total. The van der Waals surface area contributed by atoms with Crippen LogP contribution in [0.3, 0.4) is 0 Å². The Morgan fingerprint density at radius 1 is 1.11 bits per heavy atom. The zero-order valence-corrected chi connectivity index (χ0v) is 13.3. The highest BCUT2D eigenvalue weighted by atomic mass is 35.5. The van der Waals surface area contributed by atoms with Gasteiger partial charge in [0.1, 0.15) is 0 Å². The largest absolute Gasteiger partial charge is 0.271 e. The van der Waals surface area contributed by atoms with Crippen molar-refractivity contribution in [3.8, 4) is 0 Å². The first-order valence-corrected chi connectivity index (χ1v) is 7.78. The maximum absolute atomic E-state index is 6.24. The van der Waals surface area contributed by atoms with Gasteiger partial charge in [-0.25, -0.2) is 0 Å². The molecule has 1 aromatic carbocycles. The number of rotatable bonds is 8. The molecule has 0 heterocycles. The van der Waals surface area contributed by atoms with E-state index in [1.54, 1.807) is 0 Å². The topological polar surface area (TPSA) is 38.0 Å². The second kappa shape index (κ2) is 8.80. The van der Waals surface area contributed by atoms with E-state index in [0.29, 0.717) is 5.92 Å². The molecular weight excluding hydrogens is 279 g/mol. The van der Waals surface area contributed by atoms with Crippen molar-refractivity contribution < 1.29 is 0 Å². The van der Waals surface area contributed by atoms with Gasteiger partial charge in [0.2, 0.25) is 0 Å². The number of halogens is 2. The third kappa shape index (κ3) is 4.96. The van der Waals surface area contributed by atoms with Crippen molar-refractivity contribution in [2.24, 2.45) is 11.8 Å². The molecule has 0 saturated carbocycles. The third-order valence-electron chi connectivity index (χ3n) is 3.59. The van der Waals surface area contributed by atoms with Gasteiger partial charge in [-0.05, 0) is 42.9 Å². The minimum absolute atomic E-state index is 0.220. The summed E-state index contributed by atoms with van der Waals surface area (Å²) in [6.45, 7) is 4.41. The maximum atomic E-state index is 6.24. The number of benzene rings is 1. The Labute approximate surface area is 126 Å². The van der Waals surface area contributed by atoms with Crippen molar-refractivity contribution in [3.05, 3.63) is 33.8 Å². The molecule has 0 aliphatic carbocycles. The van der Waals surface area contributed by atoms with E-state index in [-0.39, 0.29) is 6.04 Å². The normalized spacial score (nSPS) is 12.9. The molecule has 0 spiro atoms. The Bertz CT molecular complexity index is 356. The van der Waals surface area contributed by atoms with Crippen molar-refractivity contribution >= 4 is 23.2 Å². The maximum Gasteiger partial charge on any atom is 0.0453 e. The fraction of sp³-hybridized carbons (Fsp3) is 0.600. The Morgan fingerprint density at radius 2 is 1.63 bits per heavy atom. The summed E-state index contributed by atoms with van der Waals surface area (Å²) in [7, 11) is 0. The second-order valence-corrected chi connectivity index (χ2v) is 5.83. The first kappa shape index (κ1) is 16.8. The van der Waals surface area contributed by atoms with Gasteiger partial charge >= 0.3 is 0 Å². The minimum Gasteiger partial charge on any atom is -0.271 e. The molecule has 4 heteroatoms. The van der Waals surface area contributed by atoms with E-state index in [2.05, 4.69) is 19.3 Å². The molecule has 0 amide bonds. The SMILES string of the molecule is CCCC(CCC)C(Cc1c(Cl)cccc1Cl)NN.